The Labute approximate surface area is 375 Å². The maximum atomic E-state index is 11.8. The van der Waals surface area contributed by atoms with E-state index in [9.17, 15) is 5.11 Å². The maximum Gasteiger partial charge on any atom is 0.149 e. The van der Waals surface area contributed by atoms with Crippen molar-refractivity contribution in [1.82, 2.24) is 14.5 Å². The first-order chi connectivity index (χ1) is 31.1. The van der Waals surface area contributed by atoms with Crippen LogP contribution in [0, 0.1) is 13.8 Å². The van der Waals surface area contributed by atoms with E-state index in [0.29, 0.717) is 11.4 Å². The van der Waals surface area contributed by atoms with E-state index in [4.69, 9.17) is 9.97 Å². The van der Waals surface area contributed by atoms with Gasteiger partial charge >= 0.3 is 0 Å². The van der Waals surface area contributed by atoms with Crippen molar-refractivity contribution in [3.05, 3.63) is 217 Å². The van der Waals surface area contributed by atoms with Gasteiger partial charge in [-0.15, -0.1) is 0 Å². The number of rotatable bonds is 8. The second-order valence-electron chi connectivity index (χ2n) is 17.8. The van der Waals surface area contributed by atoms with Crippen LogP contribution in [0.15, 0.2) is 200 Å². The van der Waals surface area contributed by atoms with Crippen LogP contribution in [0.3, 0.4) is 0 Å². The molecule has 0 radical (unpaired) electrons. The first-order valence-electron chi connectivity index (χ1n) is 21.9. The van der Waals surface area contributed by atoms with E-state index in [2.05, 4.69) is 214 Å². The van der Waals surface area contributed by atoms with Gasteiger partial charge in [0.15, 0.2) is 0 Å². The van der Waals surface area contributed by atoms with Crippen LogP contribution in [0.2, 0.25) is 0 Å². The topological polar surface area (TPSA) is 50.9 Å². The lowest BCUT2D eigenvalue weighted by Gasteiger charge is -2.26. The number of hydrogen-bond donors (Lipinski definition) is 1. The average Bonchev–Trinajstić information content (AvgIpc) is 3.72. The van der Waals surface area contributed by atoms with Crippen LogP contribution >= 0.6 is 0 Å². The van der Waals surface area contributed by atoms with Crippen molar-refractivity contribution in [2.24, 2.45) is 0 Å². The number of nitrogens with zero attached hydrogens (tertiary/aromatic N) is 3. The van der Waals surface area contributed by atoms with E-state index >= 15 is 0 Å². The molecule has 0 bridgehead atoms. The minimum Gasteiger partial charge on any atom is -0.507 e. The van der Waals surface area contributed by atoms with Gasteiger partial charge in [0.25, 0.3) is 0 Å². The first kappa shape index (κ1) is 40.3. The van der Waals surface area contributed by atoms with Crippen molar-refractivity contribution in [2.45, 2.75) is 40.0 Å². The van der Waals surface area contributed by atoms with E-state index in [-0.39, 0.29) is 11.2 Å². The van der Waals surface area contributed by atoms with Crippen LogP contribution in [0.4, 0.5) is 0 Å². The molecule has 8 aromatic carbocycles. The molecule has 0 spiro atoms. The highest BCUT2D eigenvalue weighted by atomic mass is 16.3. The van der Waals surface area contributed by atoms with Crippen LogP contribution in [-0.2, 0) is 5.41 Å². The van der Waals surface area contributed by atoms with Gasteiger partial charge in [0.1, 0.15) is 11.6 Å². The normalized spacial score (nSPS) is 11.6. The fourth-order valence-corrected chi connectivity index (χ4v) is 9.01. The van der Waals surface area contributed by atoms with Crippen molar-refractivity contribution in [3.8, 4) is 89.7 Å². The Hall–Kier alpha value is -7.82. The van der Waals surface area contributed by atoms with Gasteiger partial charge in [-0.2, -0.15) is 0 Å². The van der Waals surface area contributed by atoms with Crippen LogP contribution in [0.1, 0.15) is 37.5 Å². The molecule has 10 aromatic rings. The number of para-hydroxylation sites is 1. The summed E-state index contributed by atoms with van der Waals surface area (Å²) in [6.07, 6.45) is 1.91. The predicted molar refractivity (Wildman–Crippen MR) is 267 cm³/mol. The van der Waals surface area contributed by atoms with Crippen molar-refractivity contribution < 1.29 is 5.11 Å². The monoisotopic (exact) mass is 827 g/mol. The van der Waals surface area contributed by atoms with Crippen LogP contribution in [0.5, 0.6) is 5.75 Å². The van der Waals surface area contributed by atoms with E-state index in [1.54, 1.807) is 0 Å². The molecule has 4 nitrogen and oxygen atoms in total. The Kier molecular flexibility index (Phi) is 10.4. The van der Waals surface area contributed by atoms with Gasteiger partial charge in [0, 0.05) is 17.3 Å². The molecule has 0 amide bonds. The third kappa shape index (κ3) is 7.69. The quantitative estimate of drug-likeness (QED) is 0.166. The molecule has 4 heteroatoms. The molecule has 2 heterocycles. The van der Waals surface area contributed by atoms with Crippen molar-refractivity contribution in [1.29, 1.82) is 0 Å². The molecular weight excluding hydrogens is 779 g/mol. The van der Waals surface area contributed by atoms with Gasteiger partial charge in [-0.25, -0.2) is 4.98 Å². The molecule has 1 N–H and O–H groups in total. The first-order valence-corrected chi connectivity index (χ1v) is 21.9. The van der Waals surface area contributed by atoms with Gasteiger partial charge in [-0.05, 0) is 141 Å². The molecule has 0 aliphatic rings. The lowest BCUT2D eigenvalue weighted by molar-refractivity contribution is 0.472. The summed E-state index contributed by atoms with van der Waals surface area (Å²) in [6, 6.07) is 68.6. The highest BCUT2D eigenvalue weighted by Crippen LogP contribution is 2.43. The predicted octanol–water partition coefficient (Wildman–Crippen LogP) is 15.7. The van der Waals surface area contributed by atoms with E-state index in [1.165, 1.54) is 22.3 Å². The summed E-state index contributed by atoms with van der Waals surface area (Å²) in [6.45, 7) is 10.8. The summed E-state index contributed by atoms with van der Waals surface area (Å²) in [5, 5.41) is 11.8. The average molecular weight is 828 g/mol. The summed E-state index contributed by atoms with van der Waals surface area (Å²) in [5.74, 6) is 0.924. The summed E-state index contributed by atoms with van der Waals surface area (Å²) in [4.78, 5) is 10.5. The molecule has 10 rings (SSSR count). The highest BCUT2D eigenvalue weighted by molar-refractivity contribution is 5.98. The highest BCUT2D eigenvalue weighted by Gasteiger charge is 2.26. The number of aromatic hydroxyl groups is 1. The number of aryl methyl sites for hydroxylation is 2. The second-order valence-corrected chi connectivity index (χ2v) is 17.8. The van der Waals surface area contributed by atoms with Gasteiger partial charge < -0.3 is 5.11 Å². The zero-order valence-electron chi connectivity index (χ0n) is 36.8. The van der Waals surface area contributed by atoms with Gasteiger partial charge in [0.05, 0.1) is 28.0 Å². The number of phenolic OH excluding ortho intramolecular Hbond substituents is 1. The zero-order chi connectivity index (χ0) is 44.0. The second kappa shape index (κ2) is 16.5. The molecule has 2 aromatic heterocycles. The fraction of sp³-hybridized carbons (Fsp3) is 0.100. The number of phenols is 1. The molecule has 0 fully saturated rings. The van der Waals surface area contributed by atoms with E-state index in [0.717, 1.165) is 78.0 Å². The summed E-state index contributed by atoms with van der Waals surface area (Å²) < 4.78 is 2.26. The Balaban J connectivity index is 1.18. The maximum absolute atomic E-state index is 11.8. The molecule has 0 aliphatic carbocycles. The zero-order valence-corrected chi connectivity index (χ0v) is 36.8. The lowest BCUT2D eigenvalue weighted by Crippen LogP contribution is -2.16. The number of imidazole rings is 1. The number of fused-ring (bicyclic) bond motifs is 1. The molecule has 0 saturated carbocycles. The van der Waals surface area contributed by atoms with Crippen LogP contribution in [0.25, 0.3) is 95.0 Å². The Morgan fingerprint density at radius 2 is 1.00 bits per heavy atom. The Bertz CT molecular complexity index is 3310. The SMILES string of the molecule is Cc1cc(C)c(O)c(-c2nc3c(-c4cc(-c5ccccc5)cc(-c5cc(-c6ccc(-c7ccccc7)cc6)ccn5)c4)cccc3n2-c2ccc(-c3ccccc3)cc2C(C)(C)C)c1. The van der Waals surface area contributed by atoms with Gasteiger partial charge in [0.2, 0.25) is 0 Å². The van der Waals surface area contributed by atoms with Crippen molar-refractivity contribution in [2.75, 3.05) is 0 Å². The number of pyridine rings is 1. The molecule has 0 aliphatic heterocycles. The summed E-state index contributed by atoms with van der Waals surface area (Å²) in [5.41, 5.74) is 19.4. The number of benzene rings is 8. The number of hydrogen-bond acceptors (Lipinski definition) is 3. The van der Waals surface area contributed by atoms with Gasteiger partial charge in [-0.1, -0.05) is 160 Å². The standard InChI is InChI=1S/C60H49N3O/c1-39-32-40(2)58(64)52(33-39)59-62-57-51(22-15-23-56(57)63(59)55-29-28-46(37-53(55)60(3,4)5)42-18-11-7-12-19-42)49-34-48(43-20-13-8-14-21-43)35-50(36-49)54-38-47(30-31-61-54)45-26-24-44(25-27-45)41-16-9-6-10-17-41/h6-38,64H,1-5H3. The minimum absolute atomic E-state index is 0.222. The molecule has 0 saturated heterocycles. The third-order valence-corrected chi connectivity index (χ3v) is 12.3. The summed E-state index contributed by atoms with van der Waals surface area (Å²) >= 11 is 0. The van der Waals surface area contributed by atoms with Crippen molar-refractivity contribution >= 4 is 11.0 Å². The molecule has 64 heavy (non-hydrogen) atoms. The van der Waals surface area contributed by atoms with Crippen LogP contribution < -0.4 is 0 Å². The largest absolute Gasteiger partial charge is 0.507 e. The van der Waals surface area contributed by atoms with E-state index in [1.807, 2.05) is 25.3 Å². The Morgan fingerprint density at radius 1 is 0.453 bits per heavy atom. The molecule has 310 valence electrons. The minimum atomic E-state index is -0.222. The molecule has 0 atom stereocenters. The fourth-order valence-electron chi connectivity index (χ4n) is 9.01. The van der Waals surface area contributed by atoms with Gasteiger partial charge in [-0.3, -0.25) is 9.55 Å². The van der Waals surface area contributed by atoms with E-state index < -0.39 is 0 Å². The van der Waals surface area contributed by atoms with Crippen LogP contribution in [-0.4, -0.2) is 19.6 Å². The smallest absolute Gasteiger partial charge is 0.149 e. The third-order valence-electron chi connectivity index (χ3n) is 12.3. The lowest BCUT2D eigenvalue weighted by atomic mass is 9.83. The summed E-state index contributed by atoms with van der Waals surface area (Å²) in [7, 11) is 0. The molecule has 0 unspecified atom stereocenters. The Morgan fingerprint density at radius 3 is 1.66 bits per heavy atom. The van der Waals surface area contributed by atoms with Crippen molar-refractivity contribution in [3.63, 3.8) is 0 Å². The number of aromatic nitrogens is 3. The molecular formula is C60H49N3O.